The third-order valence-electron chi connectivity index (χ3n) is 4.36. The van der Waals surface area contributed by atoms with Gasteiger partial charge in [-0.25, -0.2) is 4.79 Å². The summed E-state index contributed by atoms with van der Waals surface area (Å²) >= 11 is 7.97. The van der Waals surface area contributed by atoms with E-state index in [0.717, 1.165) is 0 Å². The molecule has 4 unspecified atom stereocenters. The number of nitrogens with two attached hydrogens (primary N) is 1. The number of amides is 2. The maximum atomic E-state index is 12.5. The quantitative estimate of drug-likeness (QED) is 0.0513. The molecule has 0 aromatic carbocycles. The summed E-state index contributed by atoms with van der Waals surface area (Å²) in [7, 11) is -4.40. The number of carboxylic acid groups (broad SMARTS) is 3. The van der Waals surface area contributed by atoms with Crippen molar-refractivity contribution in [2.75, 3.05) is 43.5 Å². The molecule has 0 fully saturated rings. The van der Waals surface area contributed by atoms with Gasteiger partial charge in [0.05, 0.1) is 31.3 Å². The molecular formula is C17H31N4O10PS2. The van der Waals surface area contributed by atoms with E-state index in [1.807, 2.05) is 0 Å². The molecule has 0 heterocycles. The van der Waals surface area contributed by atoms with Crippen LogP contribution in [0.1, 0.15) is 12.8 Å². The van der Waals surface area contributed by atoms with Gasteiger partial charge in [-0.15, -0.1) is 0 Å². The van der Waals surface area contributed by atoms with Crippen LogP contribution in [0.4, 0.5) is 0 Å². The Kier molecular flexibility index (Phi) is 15.1. The summed E-state index contributed by atoms with van der Waals surface area (Å²) in [4.78, 5) is 69.3. The Morgan fingerprint density at radius 2 is 1.50 bits per heavy atom. The highest BCUT2D eigenvalue weighted by Gasteiger charge is 2.35. The van der Waals surface area contributed by atoms with E-state index >= 15 is 0 Å². The average Bonchev–Trinajstić information content (AvgIpc) is 2.69. The summed E-state index contributed by atoms with van der Waals surface area (Å²) in [6.45, 7) is -0.504. The van der Waals surface area contributed by atoms with Gasteiger partial charge < -0.3 is 36.6 Å². The standard InChI is InChI=1S/C17H31N4O10PS2/c18-12(9-34)20-14(23)6-21(3-4-33)5-13(22)19-11(17(28)29)8-32(30,31)7-10(16(26)27)1-2-15(24)25/h10-12,33-34H,1-9,18H2,(H,19,22)(H,20,23)(H,24,25)(H,26,27)(H,28,29)(H,30,31). The molecule has 4 atom stereocenters. The first kappa shape index (κ1) is 32.2. The minimum atomic E-state index is -4.40. The van der Waals surface area contributed by atoms with E-state index in [4.69, 9.17) is 15.9 Å². The Hall–Kier alpha value is -1.84. The van der Waals surface area contributed by atoms with Gasteiger partial charge in [0.2, 0.25) is 19.2 Å². The predicted molar refractivity (Wildman–Crippen MR) is 127 cm³/mol. The molecule has 34 heavy (non-hydrogen) atoms. The molecule has 0 aromatic rings. The SMILES string of the molecule is NC(CS)NC(=O)CN(CCS)CC(=O)NC(CP(=O)(O)CC(CCC(=O)O)C(=O)O)C(=O)O. The Morgan fingerprint density at radius 3 is 1.94 bits per heavy atom. The molecule has 0 radical (unpaired) electrons. The highest BCUT2D eigenvalue weighted by molar-refractivity contribution is 7.80. The fourth-order valence-electron chi connectivity index (χ4n) is 2.78. The average molecular weight is 547 g/mol. The predicted octanol–water partition coefficient (Wildman–Crippen LogP) is -2.05. The molecule has 0 aliphatic heterocycles. The smallest absolute Gasteiger partial charge is 0.326 e. The monoisotopic (exact) mass is 546 g/mol. The number of rotatable bonds is 18. The van der Waals surface area contributed by atoms with Crippen molar-refractivity contribution in [2.24, 2.45) is 11.7 Å². The Bertz CT molecular complexity index is 787. The van der Waals surface area contributed by atoms with Gasteiger partial charge in [0, 0.05) is 30.6 Å². The maximum absolute atomic E-state index is 12.5. The normalized spacial score (nSPS) is 15.6. The fourth-order valence-corrected chi connectivity index (χ4v) is 5.15. The number of hydrogen-bond acceptors (Lipinski definition) is 10. The van der Waals surface area contributed by atoms with Crippen molar-refractivity contribution in [3.63, 3.8) is 0 Å². The lowest BCUT2D eigenvalue weighted by Crippen LogP contribution is -2.51. The molecule has 0 bridgehead atoms. The van der Waals surface area contributed by atoms with Gasteiger partial charge in [-0.1, -0.05) is 0 Å². The molecule has 0 rings (SSSR count). The molecule has 17 heteroatoms. The van der Waals surface area contributed by atoms with Gasteiger partial charge >= 0.3 is 17.9 Å². The Labute approximate surface area is 206 Å². The van der Waals surface area contributed by atoms with Crippen LogP contribution in [0.5, 0.6) is 0 Å². The second kappa shape index (κ2) is 15.9. The van der Waals surface area contributed by atoms with Crippen molar-refractivity contribution in [1.82, 2.24) is 15.5 Å². The number of carboxylic acids is 3. The van der Waals surface area contributed by atoms with Crippen molar-refractivity contribution >= 4 is 62.3 Å². The molecule has 14 nitrogen and oxygen atoms in total. The van der Waals surface area contributed by atoms with Gasteiger partial charge in [-0.3, -0.25) is 28.6 Å². The van der Waals surface area contributed by atoms with Crippen LogP contribution in [-0.4, -0.2) is 111 Å². The van der Waals surface area contributed by atoms with Crippen LogP contribution in [0, 0.1) is 5.92 Å². The number of carbonyl (C=O) groups is 5. The van der Waals surface area contributed by atoms with Crippen molar-refractivity contribution in [3.8, 4) is 0 Å². The molecule has 0 aliphatic carbocycles. The molecule has 2 amide bonds. The molecule has 0 aliphatic rings. The maximum Gasteiger partial charge on any atom is 0.326 e. The summed E-state index contributed by atoms with van der Waals surface area (Å²) < 4.78 is 12.5. The van der Waals surface area contributed by atoms with Gasteiger partial charge in [-0.2, -0.15) is 25.3 Å². The molecule has 0 saturated carbocycles. The number of carbonyl (C=O) groups excluding carboxylic acids is 2. The van der Waals surface area contributed by atoms with E-state index in [1.54, 1.807) is 0 Å². The number of thiol groups is 2. The van der Waals surface area contributed by atoms with Crippen LogP contribution in [0.25, 0.3) is 0 Å². The van der Waals surface area contributed by atoms with E-state index in [1.165, 1.54) is 4.90 Å². The summed E-state index contributed by atoms with van der Waals surface area (Å²) in [6.07, 6.45) is -3.50. The summed E-state index contributed by atoms with van der Waals surface area (Å²) in [5.74, 6) is -6.82. The molecule has 0 aromatic heterocycles. The highest BCUT2D eigenvalue weighted by Crippen LogP contribution is 2.44. The second-order valence-corrected chi connectivity index (χ2v) is 10.7. The van der Waals surface area contributed by atoms with Crippen molar-refractivity contribution in [1.29, 1.82) is 0 Å². The number of nitrogens with one attached hydrogen (secondary N) is 2. The molecule has 0 saturated heterocycles. The Balaban J connectivity index is 5.15. The van der Waals surface area contributed by atoms with Crippen LogP contribution >= 0.6 is 32.6 Å². The number of nitrogens with zero attached hydrogens (tertiary/aromatic N) is 1. The summed E-state index contributed by atoms with van der Waals surface area (Å²) in [5.41, 5.74) is 5.57. The van der Waals surface area contributed by atoms with Crippen LogP contribution in [0.2, 0.25) is 0 Å². The first-order chi connectivity index (χ1) is 15.7. The molecule has 196 valence electrons. The third-order valence-corrected chi connectivity index (χ3v) is 6.90. The second-order valence-electron chi connectivity index (χ2n) is 7.43. The van der Waals surface area contributed by atoms with Crippen molar-refractivity contribution in [2.45, 2.75) is 25.0 Å². The third kappa shape index (κ3) is 14.4. The zero-order valence-electron chi connectivity index (χ0n) is 18.2. The summed E-state index contributed by atoms with van der Waals surface area (Å²) in [5, 5.41) is 31.7. The first-order valence-electron chi connectivity index (χ1n) is 9.97. The van der Waals surface area contributed by atoms with Gasteiger partial charge in [0.25, 0.3) is 0 Å². The van der Waals surface area contributed by atoms with E-state index in [9.17, 15) is 38.5 Å². The summed E-state index contributed by atoms with van der Waals surface area (Å²) in [6, 6.07) is -1.82. The van der Waals surface area contributed by atoms with Gasteiger partial charge in [0.15, 0.2) is 0 Å². The van der Waals surface area contributed by atoms with Gasteiger partial charge in [-0.05, 0) is 6.42 Å². The first-order valence-corrected chi connectivity index (χ1v) is 13.3. The molecule has 0 spiro atoms. The zero-order valence-corrected chi connectivity index (χ0v) is 20.9. The minimum absolute atomic E-state index is 0.180. The van der Waals surface area contributed by atoms with Gasteiger partial charge in [0.1, 0.15) is 6.04 Å². The lowest BCUT2D eigenvalue weighted by Gasteiger charge is -2.24. The number of aliphatic carboxylic acids is 3. The topological polar surface area (TPSA) is 237 Å². The van der Waals surface area contributed by atoms with Crippen molar-refractivity contribution in [3.05, 3.63) is 0 Å². The lowest BCUT2D eigenvalue weighted by atomic mass is 10.1. The van der Waals surface area contributed by atoms with Crippen LogP contribution < -0.4 is 16.4 Å². The lowest BCUT2D eigenvalue weighted by molar-refractivity contribution is -0.142. The molecular weight excluding hydrogens is 515 g/mol. The zero-order chi connectivity index (χ0) is 26.5. The van der Waals surface area contributed by atoms with E-state index in [-0.39, 0.29) is 24.6 Å². The Morgan fingerprint density at radius 1 is 0.941 bits per heavy atom. The van der Waals surface area contributed by atoms with E-state index in [0.29, 0.717) is 0 Å². The largest absolute Gasteiger partial charge is 0.481 e. The van der Waals surface area contributed by atoms with E-state index in [2.05, 4.69) is 35.9 Å². The fraction of sp³-hybridized carbons (Fsp3) is 0.706. The van der Waals surface area contributed by atoms with Crippen LogP contribution in [0.15, 0.2) is 0 Å². The number of hydrogen-bond donors (Lipinski definition) is 9. The highest BCUT2D eigenvalue weighted by atomic mass is 32.1. The van der Waals surface area contributed by atoms with Crippen LogP contribution in [-0.2, 0) is 28.5 Å². The minimum Gasteiger partial charge on any atom is -0.481 e. The van der Waals surface area contributed by atoms with Crippen molar-refractivity contribution < 1.29 is 48.8 Å². The molecule has 8 N–H and O–H groups in total. The van der Waals surface area contributed by atoms with E-state index < -0.39 is 86.9 Å². The van der Waals surface area contributed by atoms with Crippen LogP contribution in [0.3, 0.4) is 0 Å².